The van der Waals surface area contributed by atoms with E-state index in [4.69, 9.17) is 0 Å². The summed E-state index contributed by atoms with van der Waals surface area (Å²) in [4.78, 5) is 4.26. The molecule has 16 unspecified atom stereocenters. The lowest BCUT2D eigenvalue weighted by Crippen LogP contribution is -2.53. The second kappa shape index (κ2) is 78.7. The molecule has 0 spiro atoms. The Morgan fingerprint density at radius 2 is 0.500 bits per heavy atom. The smallest absolute Gasteiger partial charge is 0.0857 e. The molecule has 3 rings (SSSR count). The summed E-state index contributed by atoms with van der Waals surface area (Å²) in [5.74, 6) is 9.51. The largest absolute Gasteiger partial charge is 0.395 e. The minimum atomic E-state index is -1.01. The molecule has 3 aromatic rings. The average Bonchev–Trinajstić information content (AvgIpc) is 0.790. The number of hydrogen-bond acceptors (Lipinski definition) is 12. The van der Waals surface area contributed by atoms with Gasteiger partial charge >= 0.3 is 0 Å². The van der Waals surface area contributed by atoms with Crippen LogP contribution in [0.1, 0.15) is 480 Å². The van der Waals surface area contributed by atoms with Crippen molar-refractivity contribution in [3.63, 3.8) is 0 Å². The van der Waals surface area contributed by atoms with Crippen molar-refractivity contribution < 1.29 is 40.9 Å². The maximum absolute atomic E-state index is 11.5. The quantitative estimate of drug-likeness (QED) is 0.0241. The Bertz CT molecular complexity index is 2850. The molecule has 0 aliphatic rings. The van der Waals surface area contributed by atoms with Crippen LogP contribution in [0.3, 0.4) is 0 Å². The van der Waals surface area contributed by atoms with Gasteiger partial charge in [-0.1, -0.05) is 475 Å². The van der Waals surface area contributed by atoms with E-state index >= 15 is 0 Å². The van der Waals surface area contributed by atoms with E-state index in [0.717, 1.165) is 154 Å². The fourth-order valence-electron chi connectivity index (χ4n) is 19.7. The van der Waals surface area contributed by atoms with Gasteiger partial charge in [0.2, 0.25) is 0 Å². The van der Waals surface area contributed by atoms with Crippen molar-refractivity contribution in [3.05, 3.63) is 91.0 Å². The summed E-state index contributed by atoms with van der Waals surface area (Å²) in [6, 6.07) is 28.8. The predicted octanol–water partition coefficient (Wildman–Crippen LogP) is 31.5. The standard InChI is InChI=1S/C36H75NO2.C32H51NO2.C26H47NO2.C24H51NO2/c1-7-8-9-10-11-12-13-14-15-16-17-18-19-20-30-37-35(31-38)36(6,39)29-23-28-34(5)27-22-26-33(4)25-21-24-32(2)3;1-26(2)15-12-16-27(3)17-13-18-28(4)19-14-24-32(5,35)31(25-34)33(29-20-8-6-9-21-29)30-22-10-7-11-23-30;1-21(2)12-9-13-22(3)14-10-15-23(4)16-11-19-26(5,29)25(20-28)27-24-17-7-6-8-18-24;1-8-25(9-2)23(19-26)24(7,27)18-12-17-22(6)16-11-15-21(5)14-10-13-20(3)4/h32-35,37-39H,7-31H2,1-6H3;6-11,20-23,26-28,31,34-35H,12-19,24-25H2,1-5H3;6-8,17-18,21-23,25,27-29H,9-16,19-20H2,1-5H3;20-23,26-27H,8-19H2,1-7H3. The van der Waals surface area contributed by atoms with Gasteiger partial charge in [-0.2, -0.15) is 0 Å². The van der Waals surface area contributed by atoms with E-state index in [1.807, 2.05) is 119 Å². The molecule has 0 saturated carbocycles. The third-order valence-corrected chi connectivity index (χ3v) is 29.3. The minimum absolute atomic E-state index is 0.00978. The summed E-state index contributed by atoms with van der Waals surface area (Å²) in [6.45, 7) is 54.0. The Morgan fingerprint density at radius 3 is 0.762 bits per heavy atom. The van der Waals surface area contributed by atoms with Gasteiger partial charge in [0, 0.05) is 17.1 Å². The van der Waals surface area contributed by atoms with Crippen LogP contribution in [0, 0.1) is 71.0 Å². The first kappa shape index (κ1) is 127. The highest BCUT2D eigenvalue weighted by atomic mass is 16.3. The summed E-state index contributed by atoms with van der Waals surface area (Å²) >= 11 is 0. The number of likely N-dealkylation sites (N-methyl/N-ethyl adjacent to an activating group) is 1. The van der Waals surface area contributed by atoms with Crippen LogP contribution in [0.5, 0.6) is 0 Å². The molecule has 0 bridgehead atoms. The average molecular weight is 1830 g/mol. The van der Waals surface area contributed by atoms with Gasteiger partial charge in [0.1, 0.15) is 0 Å². The Hall–Kier alpha value is -3.14. The summed E-state index contributed by atoms with van der Waals surface area (Å²) in [6.07, 6.45) is 62.9. The molecule has 12 heteroatoms. The number of aliphatic hydroxyl groups excluding tert-OH is 4. The molecule has 0 amide bonds. The molecule has 764 valence electrons. The number of unbranched alkanes of at least 4 members (excludes halogenated alkanes) is 13. The normalized spacial score (nSPS) is 16.6. The maximum atomic E-state index is 11.5. The van der Waals surface area contributed by atoms with Crippen LogP contribution in [-0.2, 0) is 0 Å². The highest BCUT2D eigenvalue weighted by Crippen LogP contribution is 2.37. The van der Waals surface area contributed by atoms with Crippen LogP contribution in [0.4, 0.5) is 17.1 Å². The topological polar surface area (TPSA) is 192 Å². The highest BCUT2D eigenvalue weighted by molar-refractivity contribution is 5.64. The van der Waals surface area contributed by atoms with Crippen LogP contribution < -0.4 is 15.5 Å². The van der Waals surface area contributed by atoms with Gasteiger partial charge < -0.3 is 56.4 Å². The third kappa shape index (κ3) is 66.4. The van der Waals surface area contributed by atoms with Gasteiger partial charge in [-0.15, -0.1) is 0 Å². The van der Waals surface area contributed by atoms with Crippen LogP contribution in [0.2, 0.25) is 0 Å². The second-order valence-corrected chi connectivity index (χ2v) is 45.1. The van der Waals surface area contributed by atoms with E-state index in [1.54, 1.807) is 0 Å². The molecule has 3 aromatic carbocycles. The monoisotopic (exact) mass is 1830 g/mol. The van der Waals surface area contributed by atoms with Crippen LogP contribution in [0.15, 0.2) is 91.0 Å². The van der Waals surface area contributed by atoms with Crippen molar-refractivity contribution in [2.45, 2.75) is 527 Å². The Balaban J connectivity index is 0.00000172. The van der Waals surface area contributed by atoms with E-state index in [9.17, 15) is 40.9 Å². The first-order valence-corrected chi connectivity index (χ1v) is 55.4. The zero-order valence-corrected chi connectivity index (χ0v) is 90.2. The minimum Gasteiger partial charge on any atom is -0.395 e. The van der Waals surface area contributed by atoms with E-state index in [-0.39, 0.29) is 44.6 Å². The van der Waals surface area contributed by atoms with Crippen LogP contribution >= 0.6 is 0 Å². The number of nitrogens with zero attached hydrogens (tertiary/aromatic N) is 2. The van der Waals surface area contributed by atoms with Crippen LogP contribution in [0.25, 0.3) is 0 Å². The first-order valence-electron chi connectivity index (χ1n) is 55.4. The van der Waals surface area contributed by atoms with Crippen LogP contribution in [-0.4, -0.2) is 138 Å². The van der Waals surface area contributed by atoms with Crippen molar-refractivity contribution in [1.82, 2.24) is 10.2 Å². The lowest BCUT2D eigenvalue weighted by atomic mass is 9.86. The fraction of sp³-hybridized carbons (Fsp3) is 0.847. The zero-order chi connectivity index (χ0) is 97.5. The molecule has 0 aliphatic carbocycles. The predicted molar refractivity (Wildman–Crippen MR) is 571 cm³/mol. The molecule has 0 aliphatic heterocycles. The molecule has 0 aromatic heterocycles. The molecule has 0 saturated heterocycles. The fourth-order valence-corrected chi connectivity index (χ4v) is 19.7. The first-order chi connectivity index (χ1) is 61.9. The Labute approximate surface area is 808 Å². The molecule has 0 heterocycles. The summed E-state index contributed by atoms with van der Waals surface area (Å²) in [7, 11) is 0. The number of benzene rings is 3. The number of para-hydroxylation sites is 3. The van der Waals surface area contributed by atoms with Crippen molar-refractivity contribution in [3.8, 4) is 0 Å². The van der Waals surface area contributed by atoms with E-state index in [1.165, 1.54) is 250 Å². The van der Waals surface area contributed by atoms with Crippen molar-refractivity contribution >= 4 is 17.1 Å². The lowest BCUT2D eigenvalue weighted by molar-refractivity contribution is -0.0593. The van der Waals surface area contributed by atoms with Gasteiger partial charge in [-0.3, -0.25) is 4.90 Å². The van der Waals surface area contributed by atoms with Crippen molar-refractivity contribution in [2.24, 2.45) is 71.0 Å². The molecule has 12 nitrogen and oxygen atoms in total. The highest BCUT2D eigenvalue weighted by Gasteiger charge is 2.38. The number of aliphatic hydroxyl groups is 8. The molecule has 16 atom stereocenters. The molecular weight excluding hydrogens is 1600 g/mol. The van der Waals surface area contributed by atoms with Gasteiger partial charge in [-0.25, -0.2) is 0 Å². The second-order valence-electron chi connectivity index (χ2n) is 45.1. The molecular formula is C118H224N4O8. The van der Waals surface area contributed by atoms with E-state index < -0.39 is 28.4 Å². The number of nitrogens with one attached hydrogen (secondary N) is 2. The maximum Gasteiger partial charge on any atom is 0.0857 e. The Kier molecular flexibility index (Phi) is 76.8. The molecule has 0 fully saturated rings. The summed E-state index contributed by atoms with van der Waals surface area (Å²) in [5, 5.41) is 91.0. The van der Waals surface area contributed by atoms with Crippen molar-refractivity contribution in [2.75, 3.05) is 56.3 Å². The number of anilines is 3. The van der Waals surface area contributed by atoms with Gasteiger partial charge in [0.05, 0.1) is 73.0 Å². The van der Waals surface area contributed by atoms with Gasteiger partial charge in [-0.05, 0) is 187 Å². The lowest BCUT2D eigenvalue weighted by Gasteiger charge is -2.41. The third-order valence-electron chi connectivity index (χ3n) is 29.3. The van der Waals surface area contributed by atoms with Gasteiger partial charge in [0.25, 0.3) is 0 Å². The number of rotatable bonds is 80. The van der Waals surface area contributed by atoms with E-state index in [0.29, 0.717) is 24.7 Å². The summed E-state index contributed by atoms with van der Waals surface area (Å²) in [5.41, 5.74) is -0.688. The van der Waals surface area contributed by atoms with E-state index in [2.05, 4.69) is 152 Å². The Morgan fingerprint density at radius 1 is 0.262 bits per heavy atom. The van der Waals surface area contributed by atoms with Crippen molar-refractivity contribution in [1.29, 1.82) is 0 Å². The zero-order valence-electron chi connectivity index (χ0n) is 90.2. The van der Waals surface area contributed by atoms with Gasteiger partial charge in [0.15, 0.2) is 0 Å². The summed E-state index contributed by atoms with van der Waals surface area (Å²) < 4.78 is 0. The SMILES string of the molecule is CC(C)CCCC(C)CCCC(C)CCCC(C)(O)C(CO)N(c1ccccc1)c1ccccc1.CC(C)CCCC(C)CCCC(C)CCCC(C)(O)C(CO)Nc1ccccc1.CCCCCCCCCCCCCCCCNC(CO)C(C)(O)CCCC(C)CCCC(C)CCCC(C)C.CCN(CC)C(CO)C(C)(O)CCCC(C)CCCC(C)CCCC(C)C. The molecule has 130 heavy (non-hydrogen) atoms. The number of hydrogen-bond donors (Lipinski definition) is 10. The molecule has 0 radical (unpaired) electrons. The molecule has 10 N–H and O–H groups in total.